The maximum absolute atomic E-state index is 12.9. The van der Waals surface area contributed by atoms with Gasteiger partial charge in [0.05, 0.1) is 9.37 Å². The van der Waals surface area contributed by atoms with Gasteiger partial charge in [-0.05, 0) is 57.9 Å². The largest absolute Gasteiger partial charge is 0.507 e. The third-order valence-corrected chi connectivity index (χ3v) is 4.82. The summed E-state index contributed by atoms with van der Waals surface area (Å²) in [6.45, 7) is 0. The smallest absolute Gasteiger partial charge is 0.129 e. The molecule has 0 radical (unpaired) electrons. The number of phenols is 2. The Bertz CT molecular complexity index is 829. The van der Waals surface area contributed by atoms with Crippen molar-refractivity contribution in [2.45, 2.75) is 10.6 Å². The standard InChI is InChI=1S/C13H11FOS.C6H4BrFO/c14-11-6-7-12(15)13(8-11)16-9-10-4-2-1-3-5-10;7-5-3-4(8)1-2-6(5)9/h1-8,15H,9H2;1-3,9H. The number of phenolic OH excluding ortho intramolecular Hbond substituents is 2. The van der Waals surface area contributed by atoms with Crippen molar-refractivity contribution in [1.82, 2.24) is 0 Å². The fourth-order valence-corrected chi connectivity index (χ4v) is 3.10. The Kier molecular flexibility index (Phi) is 7.28. The fraction of sp³-hybridized carbons (Fsp3) is 0.0526. The zero-order valence-electron chi connectivity index (χ0n) is 13.0. The summed E-state index contributed by atoms with van der Waals surface area (Å²) in [6, 6.07) is 17.5. The molecule has 0 aliphatic heterocycles. The quantitative estimate of drug-likeness (QED) is 0.497. The van der Waals surface area contributed by atoms with Crippen molar-refractivity contribution in [3.05, 3.63) is 88.4 Å². The van der Waals surface area contributed by atoms with Gasteiger partial charge in [-0.15, -0.1) is 11.8 Å². The molecule has 0 aliphatic carbocycles. The minimum atomic E-state index is -0.361. The lowest BCUT2D eigenvalue weighted by atomic mass is 10.2. The first kappa shape index (κ1) is 19.3. The Morgan fingerprint density at radius 3 is 2.00 bits per heavy atom. The molecule has 0 atom stereocenters. The van der Waals surface area contributed by atoms with Crippen molar-refractivity contribution < 1.29 is 19.0 Å². The van der Waals surface area contributed by atoms with Crippen molar-refractivity contribution >= 4 is 27.7 Å². The average Bonchev–Trinajstić information content (AvgIpc) is 2.61. The van der Waals surface area contributed by atoms with E-state index in [0.29, 0.717) is 9.37 Å². The van der Waals surface area contributed by atoms with E-state index in [0.717, 1.165) is 11.3 Å². The molecule has 0 saturated carbocycles. The average molecular weight is 425 g/mol. The molecule has 0 heterocycles. The molecule has 2 nitrogen and oxygen atoms in total. The van der Waals surface area contributed by atoms with Crippen molar-refractivity contribution in [2.75, 3.05) is 0 Å². The van der Waals surface area contributed by atoms with Crippen LogP contribution in [0.3, 0.4) is 0 Å². The van der Waals surface area contributed by atoms with E-state index in [9.17, 15) is 13.9 Å². The first-order valence-electron chi connectivity index (χ1n) is 7.25. The Balaban J connectivity index is 0.000000212. The molecule has 0 aromatic heterocycles. The molecule has 0 bridgehead atoms. The van der Waals surface area contributed by atoms with Gasteiger partial charge in [-0.2, -0.15) is 0 Å². The van der Waals surface area contributed by atoms with Gasteiger partial charge >= 0.3 is 0 Å². The summed E-state index contributed by atoms with van der Waals surface area (Å²) in [7, 11) is 0. The van der Waals surface area contributed by atoms with Gasteiger partial charge in [0.1, 0.15) is 23.1 Å². The fourth-order valence-electron chi connectivity index (χ4n) is 1.82. The van der Waals surface area contributed by atoms with Crippen LogP contribution in [0.25, 0.3) is 0 Å². The summed E-state index contributed by atoms with van der Waals surface area (Å²) in [5, 5.41) is 18.4. The highest BCUT2D eigenvalue weighted by molar-refractivity contribution is 9.10. The van der Waals surface area contributed by atoms with E-state index in [2.05, 4.69) is 15.9 Å². The lowest BCUT2D eigenvalue weighted by Crippen LogP contribution is -1.81. The molecule has 0 spiro atoms. The molecule has 0 fully saturated rings. The van der Waals surface area contributed by atoms with Crippen LogP contribution >= 0.6 is 27.7 Å². The Morgan fingerprint density at radius 1 is 0.800 bits per heavy atom. The monoisotopic (exact) mass is 424 g/mol. The molecular weight excluding hydrogens is 410 g/mol. The molecule has 0 unspecified atom stereocenters. The number of rotatable bonds is 3. The molecule has 0 amide bonds. The van der Waals surface area contributed by atoms with Gasteiger partial charge in [-0.3, -0.25) is 0 Å². The third-order valence-electron chi connectivity index (χ3n) is 3.07. The molecule has 6 heteroatoms. The Labute approximate surface area is 157 Å². The van der Waals surface area contributed by atoms with E-state index >= 15 is 0 Å². The highest BCUT2D eigenvalue weighted by Gasteiger charge is 2.03. The molecular formula is C19H15BrF2O2S. The van der Waals surface area contributed by atoms with E-state index in [1.54, 1.807) is 0 Å². The van der Waals surface area contributed by atoms with Gasteiger partial charge in [-0.1, -0.05) is 30.3 Å². The summed E-state index contributed by atoms with van der Waals surface area (Å²) < 4.78 is 25.5. The van der Waals surface area contributed by atoms with Crippen molar-refractivity contribution in [1.29, 1.82) is 0 Å². The SMILES string of the molecule is Oc1ccc(F)cc1Br.Oc1ccc(F)cc1SCc1ccccc1. The van der Waals surface area contributed by atoms with Gasteiger partial charge in [-0.25, -0.2) is 8.78 Å². The lowest BCUT2D eigenvalue weighted by Gasteiger charge is -2.04. The zero-order valence-corrected chi connectivity index (χ0v) is 15.4. The predicted octanol–water partition coefficient (Wildman–Crippen LogP) is 6.12. The summed E-state index contributed by atoms with van der Waals surface area (Å²) in [4.78, 5) is 0.573. The van der Waals surface area contributed by atoms with Crippen molar-refractivity contribution in [3.8, 4) is 11.5 Å². The van der Waals surface area contributed by atoms with Gasteiger partial charge in [0, 0.05) is 5.75 Å². The zero-order chi connectivity index (χ0) is 18.2. The number of thioether (sulfide) groups is 1. The van der Waals surface area contributed by atoms with E-state index in [1.807, 2.05) is 30.3 Å². The number of halogens is 3. The van der Waals surface area contributed by atoms with Crippen LogP contribution in [0.2, 0.25) is 0 Å². The minimum absolute atomic E-state index is 0.0522. The molecule has 130 valence electrons. The summed E-state index contributed by atoms with van der Waals surface area (Å²) in [5.41, 5.74) is 1.15. The molecule has 3 aromatic rings. The van der Waals surface area contributed by atoms with Crippen molar-refractivity contribution in [2.24, 2.45) is 0 Å². The first-order chi connectivity index (χ1) is 12.0. The van der Waals surface area contributed by atoms with E-state index in [-0.39, 0.29) is 23.1 Å². The Hall–Kier alpha value is -2.05. The van der Waals surface area contributed by atoms with Crippen LogP contribution in [0.15, 0.2) is 76.1 Å². The van der Waals surface area contributed by atoms with Gasteiger partial charge < -0.3 is 10.2 Å². The summed E-state index contributed by atoms with van der Waals surface area (Å²) in [6.07, 6.45) is 0. The molecule has 2 N–H and O–H groups in total. The minimum Gasteiger partial charge on any atom is -0.507 e. The molecule has 3 aromatic carbocycles. The van der Waals surface area contributed by atoms with Crippen LogP contribution in [0, 0.1) is 11.6 Å². The van der Waals surface area contributed by atoms with Crippen LogP contribution in [0.4, 0.5) is 8.78 Å². The maximum Gasteiger partial charge on any atom is 0.129 e. The predicted molar refractivity (Wildman–Crippen MR) is 99.8 cm³/mol. The molecule has 3 rings (SSSR count). The molecule has 0 saturated heterocycles. The van der Waals surface area contributed by atoms with Crippen LogP contribution in [0.5, 0.6) is 11.5 Å². The van der Waals surface area contributed by atoms with Gasteiger partial charge in [0.2, 0.25) is 0 Å². The van der Waals surface area contributed by atoms with E-state index < -0.39 is 0 Å². The van der Waals surface area contributed by atoms with Crippen LogP contribution in [-0.4, -0.2) is 10.2 Å². The third kappa shape index (κ3) is 6.40. The maximum atomic E-state index is 12.9. The summed E-state index contributed by atoms with van der Waals surface area (Å²) >= 11 is 4.38. The first-order valence-corrected chi connectivity index (χ1v) is 9.03. The number of hydrogen-bond donors (Lipinski definition) is 2. The van der Waals surface area contributed by atoms with Crippen LogP contribution in [-0.2, 0) is 5.75 Å². The topological polar surface area (TPSA) is 40.5 Å². The number of aromatic hydroxyl groups is 2. The summed E-state index contributed by atoms with van der Waals surface area (Å²) in [5.74, 6) is 0.212. The lowest BCUT2D eigenvalue weighted by molar-refractivity contribution is 0.459. The van der Waals surface area contributed by atoms with Crippen LogP contribution in [0.1, 0.15) is 5.56 Å². The van der Waals surface area contributed by atoms with Crippen LogP contribution < -0.4 is 0 Å². The Morgan fingerprint density at radius 2 is 1.40 bits per heavy atom. The normalized spacial score (nSPS) is 10.0. The number of hydrogen-bond acceptors (Lipinski definition) is 3. The second-order valence-corrected chi connectivity index (χ2v) is 6.85. The second kappa shape index (κ2) is 9.44. The molecule has 25 heavy (non-hydrogen) atoms. The van der Waals surface area contributed by atoms with E-state index in [1.165, 1.54) is 48.2 Å². The van der Waals surface area contributed by atoms with Gasteiger partial charge in [0.25, 0.3) is 0 Å². The van der Waals surface area contributed by atoms with E-state index in [4.69, 9.17) is 5.11 Å². The van der Waals surface area contributed by atoms with Gasteiger partial charge in [0.15, 0.2) is 0 Å². The highest BCUT2D eigenvalue weighted by Crippen LogP contribution is 2.31. The number of benzene rings is 3. The highest BCUT2D eigenvalue weighted by atomic mass is 79.9. The molecule has 0 aliphatic rings. The van der Waals surface area contributed by atoms with Crippen molar-refractivity contribution in [3.63, 3.8) is 0 Å². The second-order valence-electron chi connectivity index (χ2n) is 4.98.